The summed E-state index contributed by atoms with van der Waals surface area (Å²) in [6.07, 6.45) is 4.16. The van der Waals surface area contributed by atoms with E-state index in [1.54, 1.807) is 0 Å². The number of nitrogens with one attached hydrogen (secondary N) is 4. The van der Waals surface area contributed by atoms with E-state index in [0.29, 0.717) is 25.4 Å². The largest absolute Gasteiger partial charge is 0.479 e. The van der Waals surface area contributed by atoms with Crippen molar-refractivity contribution in [3.63, 3.8) is 0 Å². The number of hydrogen-bond donors (Lipinski definition) is 4. The number of rotatable bonds is 11. The van der Waals surface area contributed by atoms with Crippen molar-refractivity contribution in [2.75, 3.05) is 26.2 Å². The van der Waals surface area contributed by atoms with Crippen molar-refractivity contribution in [1.29, 1.82) is 0 Å². The van der Waals surface area contributed by atoms with E-state index in [1.807, 2.05) is 0 Å². The summed E-state index contributed by atoms with van der Waals surface area (Å²) in [7, 11) is 0. The second-order valence-electron chi connectivity index (χ2n) is 11.0. The molecule has 3 rings (SSSR count). The summed E-state index contributed by atoms with van der Waals surface area (Å²) < 4.78 is 59.2. The first-order valence-electron chi connectivity index (χ1n) is 13.9. The monoisotopic (exact) mass is 602 g/mol. The molecule has 1 saturated carbocycles. The number of amides is 4. The third-order valence-corrected chi connectivity index (χ3v) is 6.48. The minimum Gasteiger partial charge on any atom is -0.479 e. The average Bonchev–Trinajstić information content (AvgIpc) is 3.60. The van der Waals surface area contributed by atoms with E-state index in [2.05, 4.69) is 46.8 Å². The molecule has 0 spiro atoms. The molecule has 2 fully saturated rings. The van der Waals surface area contributed by atoms with E-state index < -0.39 is 77.6 Å². The summed E-state index contributed by atoms with van der Waals surface area (Å²) in [5.74, 6) is -12.4. The fourth-order valence-electron chi connectivity index (χ4n) is 4.37. The van der Waals surface area contributed by atoms with Gasteiger partial charge in [-0.1, -0.05) is 33.6 Å². The molecular weight excluding hydrogens is 564 g/mol. The molecule has 1 aliphatic carbocycles. The van der Waals surface area contributed by atoms with Gasteiger partial charge in [0.15, 0.2) is 23.2 Å². The second kappa shape index (κ2) is 16.7. The normalized spacial score (nSPS) is 17.1. The van der Waals surface area contributed by atoms with Crippen LogP contribution in [0.1, 0.15) is 59.3 Å². The predicted octanol–water partition coefficient (Wildman–Crippen LogP) is 2.29. The Morgan fingerprint density at radius 2 is 1.52 bits per heavy atom. The number of halogens is 4. The van der Waals surface area contributed by atoms with Gasteiger partial charge in [0.25, 0.3) is 0 Å². The molecule has 4 amide bonds. The van der Waals surface area contributed by atoms with Crippen LogP contribution in [-0.2, 0) is 24.0 Å². The topological polar surface area (TPSA) is 143 Å². The number of hydrogen-bond acceptors (Lipinski definition) is 6. The van der Waals surface area contributed by atoms with Crippen molar-refractivity contribution in [3.05, 3.63) is 29.3 Å². The van der Waals surface area contributed by atoms with E-state index in [0.717, 1.165) is 31.6 Å². The van der Waals surface area contributed by atoms with E-state index >= 15 is 0 Å². The Labute approximate surface area is 241 Å². The van der Waals surface area contributed by atoms with Gasteiger partial charge in [-0.15, -0.1) is 0 Å². The van der Waals surface area contributed by atoms with Gasteiger partial charge in [0.2, 0.25) is 23.4 Å². The molecule has 42 heavy (non-hydrogen) atoms. The standard InChI is InChI=1S/C24H28F4N4O6.C4H10/c25-14-8-15(26)20(28)21(19(14)27)38-11-17(33)16(7-13-5-6-29-22(13)35)32-18(34)10-31-24(37)23(36)30-9-12-3-1-2-4-12;1-4(2)3/h8,12-13,16H,1-7,9-11H2,(H,29,35)(H,30,36)(H,31,37)(H,32,34);4H,1-3H3. The van der Waals surface area contributed by atoms with Crippen molar-refractivity contribution in [2.24, 2.45) is 17.8 Å². The Kier molecular flexibility index (Phi) is 13.7. The van der Waals surface area contributed by atoms with Crippen molar-refractivity contribution in [1.82, 2.24) is 21.3 Å². The Balaban J connectivity index is 0.00000144. The molecule has 10 nitrogen and oxygen atoms in total. The molecule has 234 valence electrons. The summed E-state index contributed by atoms with van der Waals surface area (Å²) >= 11 is 0. The highest BCUT2D eigenvalue weighted by molar-refractivity contribution is 6.35. The van der Waals surface area contributed by atoms with Crippen molar-refractivity contribution >= 4 is 29.4 Å². The van der Waals surface area contributed by atoms with Gasteiger partial charge in [-0.25, -0.2) is 8.78 Å². The van der Waals surface area contributed by atoms with Crippen LogP contribution in [0.5, 0.6) is 5.75 Å². The van der Waals surface area contributed by atoms with Crippen LogP contribution in [0.2, 0.25) is 0 Å². The van der Waals surface area contributed by atoms with Gasteiger partial charge >= 0.3 is 11.8 Å². The highest BCUT2D eigenvalue weighted by Crippen LogP contribution is 2.27. The first-order valence-corrected chi connectivity index (χ1v) is 13.9. The summed E-state index contributed by atoms with van der Waals surface area (Å²) in [6, 6.07) is -1.43. The Hall–Kier alpha value is -3.71. The summed E-state index contributed by atoms with van der Waals surface area (Å²) in [5.41, 5.74) is 0. The molecule has 0 aromatic heterocycles. The van der Waals surface area contributed by atoms with Gasteiger partial charge < -0.3 is 26.0 Å². The van der Waals surface area contributed by atoms with Gasteiger partial charge in [0.05, 0.1) is 12.6 Å². The zero-order valence-electron chi connectivity index (χ0n) is 23.9. The maximum atomic E-state index is 13.9. The summed E-state index contributed by atoms with van der Waals surface area (Å²) in [6.45, 7) is 5.40. The molecule has 4 N–H and O–H groups in total. The SMILES string of the molecule is CC(C)C.O=C(CNC(=O)C(=O)NCC1CCCC1)NC(CC1CCNC1=O)C(=O)COc1c(F)c(F)cc(F)c1F. The molecule has 2 aliphatic rings. The second-order valence-corrected chi connectivity index (χ2v) is 11.0. The molecule has 2 unspecified atom stereocenters. The number of Topliss-reactive ketones (excluding diaryl/α,β-unsaturated/α-hetero) is 1. The van der Waals surface area contributed by atoms with E-state index in [1.165, 1.54) is 0 Å². The van der Waals surface area contributed by atoms with Crippen molar-refractivity contribution < 1.29 is 46.3 Å². The van der Waals surface area contributed by atoms with E-state index in [4.69, 9.17) is 0 Å². The van der Waals surface area contributed by atoms with Crippen LogP contribution in [-0.4, -0.2) is 61.7 Å². The van der Waals surface area contributed by atoms with Crippen LogP contribution in [0.25, 0.3) is 0 Å². The lowest BCUT2D eigenvalue weighted by Gasteiger charge is -2.20. The minimum atomic E-state index is -1.85. The molecule has 14 heteroatoms. The van der Waals surface area contributed by atoms with E-state index in [-0.39, 0.29) is 18.4 Å². The van der Waals surface area contributed by atoms with Crippen LogP contribution in [0.15, 0.2) is 6.07 Å². The smallest absolute Gasteiger partial charge is 0.309 e. The zero-order chi connectivity index (χ0) is 31.4. The van der Waals surface area contributed by atoms with E-state index in [9.17, 15) is 41.5 Å². The third kappa shape index (κ3) is 10.9. The lowest BCUT2D eigenvalue weighted by molar-refractivity contribution is -0.140. The predicted molar refractivity (Wildman–Crippen MR) is 143 cm³/mol. The fourth-order valence-corrected chi connectivity index (χ4v) is 4.37. The molecule has 1 heterocycles. The van der Waals surface area contributed by atoms with Crippen molar-refractivity contribution in [3.8, 4) is 5.75 Å². The Bertz CT molecular complexity index is 1110. The van der Waals surface area contributed by atoms with Gasteiger partial charge in [-0.05, 0) is 37.5 Å². The molecule has 2 atom stereocenters. The number of ether oxygens (including phenoxy) is 1. The first kappa shape index (κ1) is 34.5. The van der Waals surface area contributed by atoms with Crippen LogP contribution in [0.3, 0.4) is 0 Å². The molecule has 1 saturated heterocycles. The first-order chi connectivity index (χ1) is 19.8. The quantitative estimate of drug-likeness (QED) is 0.174. The maximum absolute atomic E-state index is 13.9. The van der Waals surface area contributed by atoms with Gasteiger partial charge in [0, 0.05) is 25.1 Å². The lowest BCUT2D eigenvalue weighted by Crippen LogP contribution is -2.50. The minimum absolute atomic E-state index is 0.0234. The molecular formula is C28H38F4N4O6. The van der Waals surface area contributed by atoms with Crippen molar-refractivity contribution in [2.45, 2.75) is 65.3 Å². The zero-order valence-corrected chi connectivity index (χ0v) is 23.9. The Morgan fingerprint density at radius 3 is 2.07 bits per heavy atom. The summed E-state index contributed by atoms with van der Waals surface area (Å²) in [5, 5.41) is 9.47. The highest BCUT2D eigenvalue weighted by atomic mass is 19.2. The Morgan fingerprint density at radius 1 is 0.952 bits per heavy atom. The molecule has 0 radical (unpaired) electrons. The third-order valence-electron chi connectivity index (χ3n) is 6.48. The highest BCUT2D eigenvalue weighted by Gasteiger charge is 2.32. The van der Waals surface area contributed by atoms with Crippen LogP contribution in [0, 0.1) is 41.0 Å². The number of benzene rings is 1. The number of ketones is 1. The molecule has 1 aromatic carbocycles. The average molecular weight is 603 g/mol. The molecule has 1 aliphatic heterocycles. The lowest BCUT2D eigenvalue weighted by atomic mass is 9.96. The van der Waals surface area contributed by atoms with Gasteiger partial charge in [-0.3, -0.25) is 24.0 Å². The summed E-state index contributed by atoms with van der Waals surface area (Å²) in [4.78, 5) is 61.1. The van der Waals surface area contributed by atoms with Crippen LogP contribution in [0.4, 0.5) is 17.6 Å². The molecule has 1 aromatic rings. The van der Waals surface area contributed by atoms with Gasteiger partial charge in [-0.2, -0.15) is 8.78 Å². The molecule has 0 bridgehead atoms. The van der Waals surface area contributed by atoms with Crippen LogP contribution >= 0.6 is 0 Å². The maximum Gasteiger partial charge on any atom is 0.309 e. The van der Waals surface area contributed by atoms with Gasteiger partial charge in [0.1, 0.15) is 6.61 Å². The fraction of sp³-hybridized carbons (Fsp3) is 0.607. The van der Waals surface area contributed by atoms with Crippen LogP contribution < -0.4 is 26.0 Å². The number of carbonyl (C=O) groups excluding carboxylic acids is 5. The number of carbonyl (C=O) groups is 5.